The topological polar surface area (TPSA) is 44.9 Å². The second-order valence-corrected chi connectivity index (χ2v) is 7.57. The summed E-state index contributed by atoms with van der Waals surface area (Å²) in [7, 11) is 0. The Morgan fingerprint density at radius 3 is 2.26 bits per heavy atom. The minimum absolute atomic E-state index is 0.679. The number of hydrogen-bond acceptors (Lipinski definition) is 3. The van der Waals surface area contributed by atoms with Crippen LogP contribution in [0.5, 0.6) is 0 Å². The van der Waals surface area contributed by atoms with Crippen molar-refractivity contribution in [2.75, 3.05) is 42.6 Å². The normalized spacial score (nSPS) is 20.4. The molecule has 3 rings (SSSR count). The van der Waals surface area contributed by atoms with Crippen LogP contribution in [0.1, 0.15) is 31.2 Å². The van der Waals surface area contributed by atoms with Gasteiger partial charge in [-0.3, -0.25) is 0 Å². The molecule has 2 aliphatic rings. The predicted octanol–water partition coefficient (Wildman–Crippen LogP) is 2.93. The van der Waals surface area contributed by atoms with E-state index in [0.717, 1.165) is 26.2 Å². The van der Waals surface area contributed by atoms with Gasteiger partial charge in [0.1, 0.15) is 0 Å². The summed E-state index contributed by atoms with van der Waals surface area (Å²) in [6.07, 6.45) is 5.11. The molecule has 0 amide bonds. The maximum Gasteiger partial charge on any atom is 0.191 e. The molecule has 2 heterocycles. The van der Waals surface area contributed by atoms with E-state index in [-0.39, 0.29) is 0 Å². The predicted molar refractivity (Wildman–Crippen MR) is 101 cm³/mol. The lowest BCUT2D eigenvalue weighted by Crippen LogP contribution is -2.38. The standard InChI is InChI=1S/C18H28N4S/c19-18(22-9-3-1-2-4-10-22)20-15-16-5-7-17(8-6-16)21-11-13-23-14-12-21/h5-8H,1-4,9-15H2,(H2,19,20). The Morgan fingerprint density at radius 1 is 0.957 bits per heavy atom. The van der Waals surface area contributed by atoms with E-state index < -0.39 is 0 Å². The second kappa shape index (κ2) is 8.48. The SMILES string of the molecule is NC(=NCc1ccc(N2CCSCC2)cc1)N1CCCCCC1. The van der Waals surface area contributed by atoms with E-state index in [1.165, 1.54) is 48.4 Å². The number of guanidine groups is 1. The zero-order chi connectivity index (χ0) is 15.9. The van der Waals surface area contributed by atoms with Crippen LogP contribution in [0.2, 0.25) is 0 Å². The van der Waals surface area contributed by atoms with Gasteiger partial charge >= 0.3 is 0 Å². The first kappa shape index (κ1) is 16.5. The summed E-state index contributed by atoms with van der Waals surface area (Å²) in [6, 6.07) is 8.83. The Balaban J connectivity index is 1.55. The highest BCUT2D eigenvalue weighted by molar-refractivity contribution is 7.99. The van der Waals surface area contributed by atoms with Gasteiger partial charge in [0.15, 0.2) is 5.96 Å². The van der Waals surface area contributed by atoms with Crippen molar-refractivity contribution in [2.24, 2.45) is 10.7 Å². The van der Waals surface area contributed by atoms with E-state index in [4.69, 9.17) is 5.73 Å². The fourth-order valence-corrected chi connectivity index (χ4v) is 4.11. The van der Waals surface area contributed by atoms with Crippen LogP contribution in [0.15, 0.2) is 29.3 Å². The zero-order valence-electron chi connectivity index (χ0n) is 13.9. The number of rotatable bonds is 3. The number of benzene rings is 1. The molecular formula is C18H28N4S. The van der Waals surface area contributed by atoms with Crippen molar-refractivity contribution >= 4 is 23.4 Å². The van der Waals surface area contributed by atoms with E-state index >= 15 is 0 Å². The van der Waals surface area contributed by atoms with Gasteiger partial charge in [0.05, 0.1) is 6.54 Å². The van der Waals surface area contributed by atoms with E-state index in [1.54, 1.807) is 0 Å². The monoisotopic (exact) mass is 332 g/mol. The number of thioether (sulfide) groups is 1. The quantitative estimate of drug-likeness (QED) is 0.683. The molecule has 0 aliphatic carbocycles. The first-order chi connectivity index (χ1) is 11.3. The molecule has 126 valence electrons. The van der Waals surface area contributed by atoms with Crippen molar-refractivity contribution in [3.63, 3.8) is 0 Å². The first-order valence-corrected chi connectivity index (χ1v) is 9.95. The zero-order valence-corrected chi connectivity index (χ0v) is 14.7. The first-order valence-electron chi connectivity index (χ1n) is 8.79. The molecule has 2 fully saturated rings. The summed E-state index contributed by atoms with van der Waals surface area (Å²) in [6.45, 7) is 5.11. The van der Waals surface area contributed by atoms with Gasteiger partial charge in [-0.05, 0) is 30.5 Å². The Morgan fingerprint density at radius 2 is 1.61 bits per heavy atom. The lowest BCUT2D eigenvalue weighted by Gasteiger charge is -2.28. The van der Waals surface area contributed by atoms with Gasteiger partial charge in [-0.1, -0.05) is 25.0 Å². The van der Waals surface area contributed by atoms with Crippen LogP contribution >= 0.6 is 11.8 Å². The average molecular weight is 333 g/mol. The van der Waals surface area contributed by atoms with Gasteiger partial charge < -0.3 is 15.5 Å². The van der Waals surface area contributed by atoms with Crippen molar-refractivity contribution in [3.05, 3.63) is 29.8 Å². The number of aliphatic imine (C=N–C) groups is 1. The molecule has 0 radical (unpaired) electrons. The highest BCUT2D eigenvalue weighted by atomic mass is 32.2. The van der Waals surface area contributed by atoms with Crippen molar-refractivity contribution in [1.29, 1.82) is 0 Å². The highest BCUT2D eigenvalue weighted by Gasteiger charge is 2.12. The van der Waals surface area contributed by atoms with Crippen molar-refractivity contribution in [2.45, 2.75) is 32.2 Å². The summed E-state index contributed by atoms with van der Waals surface area (Å²) < 4.78 is 0. The molecule has 2 N–H and O–H groups in total. The van der Waals surface area contributed by atoms with Gasteiger partial charge in [-0.2, -0.15) is 11.8 Å². The lowest BCUT2D eigenvalue weighted by atomic mass is 10.2. The molecule has 0 aromatic heterocycles. The van der Waals surface area contributed by atoms with Crippen LogP contribution in [-0.4, -0.2) is 48.5 Å². The minimum Gasteiger partial charge on any atom is -0.370 e. The molecule has 1 aromatic rings. The molecule has 2 saturated heterocycles. The number of hydrogen-bond donors (Lipinski definition) is 1. The molecule has 4 nitrogen and oxygen atoms in total. The molecule has 0 bridgehead atoms. The van der Waals surface area contributed by atoms with E-state index in [0.29, 0.717) is 12.5 Å². The summed E-state index contributed by atoms with van der Waals surface area (Å²) in [5, 5.41) is 0. The summed E-state index contributed by atoms with van der Waals surface area (Å²) in [5.41, 5.74) is 8.74. The van der Waals surface area contributed by atoms with Crippen LogP contribution < -0.4 is 10.6 Å². The Bertz CT molecular complexity index is 500. The van der Waals surface area contributed by atoms with Crippen molar-refractivity contribution in [3.8, 4) is 0 Å². The fraction of sp³-hybridized carbons (Fsp3) is 0.611. The lowest BCUT2D eigenvalue weighted by molar-refractivity contribution is 0.428. The third-order valence-corrected chi connectivity index (χ3v) is 5.61. The molecule has 23 heavy (non-hydrogen) atoms. The fourth-order valence-electron chi connectivity index (χ4n) is 3.21. The van der Waals surface area contributed by atoms with Crippen molar-refractivity contribution in [1.82, 2.24) is 4.90 Å². The Hall–Kier alpha value is -1.36. The molecule has 0 saturated carbocycles. The largest absolute Gasteiger partial charge is 0.370 e. The molecule has 0 atom stereocenters. The maximum absolute atomic E-state index is 6.18. The number of anilines is 1. The molecule has 0 unspecified atom stereocenters. The molecular weight excluding hydrogens is 304 g/mol. The van der Waals surface area contributed by atoms with Crippen molar-refractivity contribution < 1.29 is 0 Å². The molecule has 5 heteroatoms. The number of nitrogens with two attached hydrogens (primary N) is 1. The van der Waals surface area contributed by atoms with Gasteiger partial charge in [0.25, 0.3) is 0 Å². The van der Waals surface area contributed by atoms with Crippen LogP contribution in [0.4, 0.5) is 5.69 Å². The number of likely N-dealkylation sites (tertiary alicyclic amines) is 1. The maximum atomic E-state index is 6.18. The average Bonchev–Trinajstić information content (AvgIpc) is 2.90. The van der Waals surface area contributed by atoms with Gasteiger partial charge in [0.2, 0.25) is 0 Å². The van der Waals surface area contributed by atoms with Gasteiger partial charge in [0, 0.05) is 43.4 Å². The van der Waals surface area contributed by atoms with Crippen LogP contribution in [0.25, 0.3) is 0 Å². The number of nitrogens with zero attached hydrogens (tertiary/aromatic N) is 3. The highest BCUT2D eigenvalue weighted by Crippen LogP contribution is 2.20. The minimum atomic E-state index is 0.679. The molecule has 0 spiro atoms. The van der Waals surface area contributed by atoms with Crippen LogP contribution in [0.3, 0.4) is 0 Å². The second-order valence-electron chi connectivity index (χ2n) is 6.34. The van der Waals surface area contributed by atoms with Crippen LogP contribution in [-0.2, 0) is 6.54 Å². The smallest absolute Gasteiger partial charge is 0.191 e. The Kier molecular flexibility index (Phi) is 6.08. The Labute approximate surface area is 144 Å². The summed E-state index contributed by atoms with van der Waals surface area (Å²) >= 11 is 2.04. The van der Waals surface area contributed by atoms with E-state index in [1.807, 2.05) is 11.8 Å². The molecule has 1 aromatic carbocycles. The van der Waals surface area contributed by atoms with Gasteiger partial charge in [-0.25, -0.2) is 4.99 Å². The summed E-state index contributed by atoms with van der Waals surface area (Å²) in [4.78, 5) is 9.32. The molecule has 2 aliphatic heterocycles. The third-order valence-electron chi connectivity index (χ3n) is 4.67. The third kappa shape index (κ3) is 4.80. The summed E-state index contributed by atoms with van der Waals surface area (Å²) in [5.74, 6) is 3.18. The van der Waals surface area contributed by atoms with E-state index in [2.05, 4.69) is 39.1 Å². The van der Waals surface area contributed by atoms with E-state index in [9.17, 15) is 0 Å². The van der Waals surface area contributed by atoms with Gasteiger partial charge in [-0.15, -0.1) is 0 Å². The van der Waals surface area contributed by atoms with Crippen LogP contribution in [0, 0.1) is 0 Å².